The lowest BCUT2D eigenvalue weighted by Crippen LogP contribution is -2.35. The second kappa shape index (κ2) is 4.87. The first kappa shape index (κ1) is 12.1. The molecule has 0 saturated carbocycles. The number of rotatable bonds is 1. The molecule has 1 aliphatic rings. The highest BCUT2D eigenvalue weighted by molar-refractivity contribution is 9.10. The van der Waals surface area contributed by atoms with E-state index in [1.54, 1.807) is 4.90 Å². The van der Waals surface area contributed by atoms with Gasteiger partial charge in [-0.25, -0.2) is 0 Å². The van der Waals surface area contributed by atoms with Gasteiger partial charge in [0.25, 0.3) is 0 Å². The first-order valence-corrected chi connectivity index (χ1v) is 6.21. The van der Waals surface area contributed by atoms with Crippen LogP contribution in [0.3, 0.4) is 0 Å². The van der Waals surface area contributed by atoms with Crippen molar-refractivity contribution in [3.05, 3.63) is 28.2 Å². The van der Waals surface area contributed by atoms with Crippen LogP contribution in [0.5, 0.6) is 0 Å². The summed E-state index contributed by atoms with van der Waals surface area (Å²) in [7, 11) is 0. The van der Waals surface area contributed by atoms with Gasteiger partial charge in [-0.05, 0) is 24.6 Å². The summed E-state index contributed by atoms with van der Waals surface area (Å²) in [6.07, 6.45) is 0.345. The third-order valence-corrected chi connectivity index (χ3v) is 3.69. The lowest BCUT2D eigenvalue weighted by Gasteiger charge is -2.22. The Balaban J connectivity index is 2.34. The fourth-order valence-corrected chi connectivity index (χ4v) is 2.20. The Bertz CT molecular complexity index is 474. The van der Waals surface area contributed by atoms with Crippen molar-refractivity contribution in [3.8, 4) is 0 Å². The maximum atomic E-state index is 11.9. The fraction of sp³-hybridized carbons (Fsp3) is 0.333. The minimum Gasteiger partial charge on any atom is -0.347 e. The van der Waals surface area contributed by atoms with Gasteiger partial charge in [0.05, 0.1) is 6.54 Å². The molecule has 0 aliphatic carbocycles. The molecule has 2 amide bonds. The van der Waals surface area contributed by atoms with E-state index in [0.29, 0.717) is 13.0 Å². The molecule has 1 aromatic carbocycles. The van der Waals surface area contributed by atoms with Crippen molar-refractivity contribution in [3.63, 3.8) is 0 Å². The first-order valence-electron chi connectivity index (χ1n) is 5.42. The molecule has 5 heteroatoms. The van der Waals surface area contributed by atoms with Crippen LogP contribution in [0, 0.1) is 6.92 Å². The Kier molecular flexibility index (Phi) is 3.47. The molecule has 1 saturated heterocycles. The van der Waals surface area contributed by atoms with E-state index in [0.717, 1.165) is 15.7 Å². The lowest BCUT2D eigenvalue weighted by molar-refractivity contribution is -0.123. The maximum absolute atomic E-state index is 11.9. The van der Waals surface area contributed by atoms with Crippen LogP contribution in [0.15, 0.2) is 22.7 Å². The van der Waals surface area contributed by atoms with Crippen molar-refractivity contribution in [2.24, 2.45) is 0 Å². The van der Waals surface area contributed by atoms with E-state index in [2.05, 4.69) is 21.2 Å². The lowest BCUT2D eigenvalue weighted by atomic mass is 10.1. The molecular formula is C12H13BrN2O2. The summed E-state index contributed by atoms with van der Waals surface area (Å²) in [6, 6.07) is 5.72. The van der Waals surface area contributed by atoms with Gasteiger partial charge in [-0.2, -0.15) is 0 Å². The summed E-state index contributed by atoms with van der Waals surface area (Å²) in [5.41, 5.74) is 1.87. The zero-order valence-electron chi connectivity index (χ0n) is 9.50. The number of nitrogens with zero attached hydrogens (tertiary/aromatic N) is 1. The predicted octanol–water partition coefficient (Wildman–Crippen LogP) is 1.61. The normalized spacial score (nSPS) is 16.7. The van der Waals surface area contributed by atoms with Gasteiger partial charge in [-0.3, -0.25) is 9.59 Å². The molecule has 2 rings (SSSR count). The topological polar surface area (TPSA) is 49.4 Å². The standard InChI is InChI=1S/C12H13BrN2O2/c1-8-9(13)3-2-4-10(8)15-6-5-11(16)14-7-12(15)17/h2-4H,5-7H2,1H3,(H,14,16). The van der Waals surface area contributed by atoms with E-state index >= 15 is 0 Å². The molecule has 1 heterocycles. The van der Waals surface area contributed by atoms with Crippen LogP contribution in [0.1, 0.15) is 12.0 Å². The third-order valence-electron chi connectivity index (χ3n) is 2.83. The van der Waals surface area contributed by atoms with Gasteiger partial charge >= 0.3 is 0 Å². The zero-order chi connectivity index (χ0) is 12.4. The number of nitrogens with one attached hydrogen (secondary N) is 1. The minimum atomic E-state index is -0.0755. The van der Waals surface area contributed by atoms with Crippen LogP contribution >= 0.6 is 15.9 Å². The van der Waals surface area contributed by atoms with Crippen molar-refractivity contribution in [1.29, 1.82) is 0 Å². The Morgan fingerprint density at radius 1 is 1.35 bits per heavy atom. The smallest absolute Gasteiger partial charge is 0.246 e. The monoisotopic (exact) mass is 296 g/mol. The Hall–Kier alpha value is -1.36. The molecule has 1 aromatic rings. The number of hydrogen-bond donors (Lipinski definition) is 1. The Morgan fingerprint density at radius 3 is 2.88 bits per heavy atom. The van der Waals surface area contributed by atoms with Crippen LogP contribution in [-0.4, -0.2) is 24.9 Å². The predicted molar refractivity (Wildman–Crippen MR) is 68.9 cm³/mol. The number of halogens is 1. The minimum absolute atomic E-state index is 0.0722. The van der Waals surface area contributed by atoms with Crippen molar-refractivity contribution in [2.45, 2.75) is 13.3 Å². The number of carbonyl (C=O) groups excluding carboxylic acids is 2. The third kappa shape index (κ3) is 2.49. The number of amides is 2. The van der Waals surface area contributed by atoms with Crippen LogP contribution in [0.2, 0.25) is 0 Å². The van der Waals surface area contributed by atoms with Crippen molar-refractivity contribution in [2.75, 3.05) is 18.0 Å². The highest BCUT2D eigenvalue weighted by Crippen LogP contribution is 2.27. The van der Waals surface area contributed by atoms with Crippen LogP contribution in [-0.2, 0) is 9.59 Å². The Morgan fingerprint density at radius 2 is 2.12 bits per heavy atom. The molecule has 0 bridgehead atoms. The van der Waals surface area contributed by atoms with Gasteiger partial charge in [0.15, 0.2) is 0 Å². The molecule has 0 atom stereocenters. The highest BCUT2D eigenvalue weighted by Gasteiger charge is 2.22. The summed E-state index contributed by atoms with van der Waals surface area (Å²) in [4.78, 5) is 24.8. The fourth-order valence-electron chi connectivity index (χ4n) is 1.84. The quantitative estimate of drug-likeness (QED) is 0.856. The van der Waals surface area contributed by atoms with Gasteiger partial charge in [-0.1, -0.05) is 22.0 Å². The molecule has 90 valence electrons. The summed E-state index contributed by atoms with van der Waals surface area (Å²) >= 11 is 3.44. The molecule has 0 spiro atoms. The average Bonchev–Trinajstić information content (AvgIpc) is 2.46. The van der Waals surface area contributed by atoms with E-state index in [1.807, 2.05) is 25.1 Å². The van der Waals surface area contributed by atoms with E-state index in [1.165, 1.54) is 0 Å². The van der Waals surface area contributed by atoms with Crippen LogP contribution in [0.25, 0.3) is 0 Å². The summed E-state index contributed by atoms with van der Waals surface area (Å²) < 4.78 is 0.964. The van der Waals surface area contributed by atoms with E-state index in [4.69, 9.17) is 0 Å². The number of anilines is 1. The van der Waals surface area contributed by atoms with Crippen LogP contribution < -0.4 is 10.2 Å². The molecule has 4 nitrogen and oxygen atoms in total. The summed E-state index contributed by atoms with van der Waals surface area (Å²) in [6.45, 7) is 2.46. The summed E-state index contributed by atoms with van der Waals surface area (Å²) in [5.74, 6) is -0.148. The average molecular weight is 297 g/mol. The largest absolute Gasteiger partial charge is 0.347 e. The van der Waals surface area contributed by atoms with E-state index in [9.17, 15) is 9.59 Å². The van der Waals surface area contributed by atoms with Crippen LogP contribution in [0.4, 0.5) is 5.69 Å². The molecular weight excluding hydrogens is 284 g/mol. The number of carbonyl (C=O) groups is 2. The molecule has 1 fully saturated rings. The second-order valence-electron chi connectivity index (χ2n) is 3.96. The van der Waals surface area contributed by atoms with Gasteiger partial charge < -0.3 is 10.2 Å². The Labute approximate surface area is 108 Å². The number of hydrogen-bond acceptors (Lipinski definition) is 2. The maximum Gasteiger partial charge on any atom is 0.246 e. The molecule has 0 aromatic heterocycles. The van der Waals surface area contributed by atoms with Gasteiger partial charge in [0.2, 0.25) is 11.8 Å². The van der Waals surface area contributed by atoms with Gasteiger partial charge in [0, 0.05) is 23.1 Å². The van der Waals surface area contributed by atoms with Crippen molar-refractivity contribution >= 4 is 33.4 Å². The first-order chi connectivity index (χ1) is 8.09. The molecule has 0 unspecified atom stereocenters. The van der Waals surface area contributed by atoms with Crippen molar-refractivity contribution < 1.29 is 9.59 Å². The zero-order valence-corrected chi connectivity index (χ0v) is 11.1. The van der Waals surface area contributed by atoms with E-state index < -0.39 is 0 Å². The molecule has 17 heavy (non-hydrogen) atoms. The molecule has 0 radical (unpaired) electrons. The SMILES string of the molecule is Cc1c(Br)cccc1N1CCC(=O)NCC1=O. The highest BCUT2D eigenvalue weighted by atomic mass is 79.9. The van der Waals surface area contributed by atoms with Gasteiger partial charge in [-0.15, -0.1) is 0 Å². The molecule has 1 N–H and O–H groups in total. The number of benzene rings is 1. The second-order valence-corrected chi connectivity index (χ2v) is 4.81. The van der Waals surface area contributed by atoms with E-state index in [-0.39, 0.29) is 18.4 Å². The van der Waals surface area contributed by atoms with Gasteiger partial charge in [0.1, 0.15) is 0 Å². The summed E-state index contributed by atoms with van der Waals surface area (Å²) in [5, 5.41) is 2.59. The molecule has 1 aliphatic heterocycles. The van der Waals surface area contributed by atoms with Crippen molar-refractivity contribution in [1.82, 2.24) is 5.32 Å².